The summed E-state index contributed by atoms with van der Waals surface area (Å²) in [5, 5.41) is 23.8. The normalized spacial score (nSPS) is 11.7. The molecule has 0 spiro atoms. The first-order valence-corrected chi connectivity index (χ1v) is 10.4. The number of nitrogens with zero attached hydrogens (tertiary/aromatic N) is 4. The van der Waals surface area contributed by atoms with E-state index in [1.54, 1.807) is 0 Å². The second kappa shape index (κ2) is 8.40. The van der Waals surface area contributed by atoms with Crippen molar-refractivity contribution < 1.29 is 4.79 Å². The van der Waals surface area contributed by atoms with Crippen LogP contribution >= 0.6 is 34.4 Å². The number of anilines is 2. The van der Waals surface area contributed by atoms with Crippen LogP contribution in [-0.4, -0.2) is 26.7 Å². The molecule has 0 radical (unpaired) electrons. The molecular weight excluding hydrogens is 386 g/mol. The summed E-state index contributed by atoms with van der Waals surface area (Å²) < 4.78 is 0.682. The van der Waals surface area contributed by atoms with E-state index in [9.17, 15) is 10.1 Å². The summed E-state index contributed by atoms with van der Waals surface area (Å²) in [7, 11) is 0. The van der Waals surface area contributed by atoms with Crippen LogP contribution in [0.3, 0.4) is 0 Å². The number of aromatic nitrogens is 3. The van der Waals surface area contributed by atoms with Crippen LogP contribution in [0, 0.1) is 25.2 Å². The monoisotopic (exact) mass is 401 g/mol. The fraction of sp³-hybridized carbons (Fsp3) is 0.235. The number of Topliss-reactive ketones (excluding diaryl/α,β-unsaturated/α-hetero) is 1. The van der Waals surface area contributed by atoms with Gasteiger partial charge in [0.1, 0.15) is 5.01 Å². The molecule has 0 amide bonds. The SMILES string of the molecule is Cc1csc([C@H](C#N)C(=O)CSc2nnc(Nc3ccccc3C)s2)n1. The lowest BCUT2D eigenvalue weighted by Crippen LogP contribution is -2.13. The molecule has 0 fully saturated rings. The van der Waals surface area contributed by atoms with Crippen LogP contribution in [0.5, 0.6) is 0 Å². The highest BCUT2D eigenvalue weighted by molar-refractivity contribution is 8.01. The first-order valence-electron chi connectivity index (χ1n) is 7.70. The van der Waals surface area contributed by atoms with Gasteiger partial charge in [-0.05, 0) is 25.5 Å². The molecule has 132 valence electrons. The van der Waals surface area contributed by atoms with E-state index < -0.39 is 5.92 Å². The Hall–Kier alpha value is -2.28. The van der Waals surface area contributed by atoms with Gasteiger partial charge in [0.15, 0.2) is 16.0 Å². The molecule has 0 saturated carbocycles. The molecule has 0 aliphatic carbocycles. The third-order valence-corrected chi connectivity index (χ3v) is 6.49. The number of rotatable bonds is 7. The molecule has 6 nitrogen and oxygen atoms in total. The van der Waals surface area contributed by atoms with Gasteiger partial charge >= 0.3 is 0 Å². The van der Waals surface area contributed by atoms with E-state index in [1.165, 1.54) is 34.4 Å². The average Bonchev–Trinajstić information content (AvgIpc) is 3.25. The number of benzene rings is 1. The Kier molecular flexibility index (Phi) is 5.98. The molecular formula is C17H15N5OS3. The van der Waals surface area contributed by atoms with Crippen LogP contribution in [0.4, 0.5) is 10.8 Å². The third-order valence-electron chi connectivity index (χ3n) is 3.47. The van der Waals surface area contributed by atoms with Crippen LogP contribution < -0.4 is 5.32 Å². The predicted octanol–water partition coefficient (Wildman–Crippen LogP) is 4.32. The van der Waals surface area contributed by atoms with Crippen LogP contribution in [0.1, 0.15) is 22.2 Å². The maximum atomic E-state index is 12.4. The number of carbonyl (C=O) groups excluding carboxylic acids is 1. The number of thiazole rings is 1. The lowest BCUT2D eigenvalue weighted by atomic mass is 10.1. The minimum absolute atomic E-state index is 0.163. The fourth-order valence-corrected chi connectivity index (χ4v) is 4.66. The first kappa shape index (κ1) is 18.5. The van der Waals surface area contributed by atoms with Gasteiger partial charge in [0.2, 0.25) is 5.13 Å². The number of ketones is 1. The molecule has 0 aliphatic rings. The summed E-state index contributed by atoms with van der Waals surface area (Å²) in [6, 6.07) is 9.97. The summed E-state index contributed by atoms with van der Waals surface area (Å²) in [4.78, 5) is 16.6. The minimum atomic E-state index is -0.821. The number of carbonyl (C=O) groups is 1. The maximum absolute atomic E-state index is 12.4. The van der Waals surface area contributed by atoms with Crippen molar-refractivity contribution in [1.82, 2.24) is 15.2 Å². The largest absolute Gasteiger partial charge is 0.330 e. The van der Waals surface area contributed by atoms with Crippen LogP contribution in [0.2, 0.25) is 0 Å². The highest BCUT2D eigenvalue weighted by atomic mass is 32.2. The molecule has 26 heavy (non-hydrogen) atoms. The van der Waals surface area contributed by atoms with Gasteiger partial charge in [-0.15, -0.1) is 21.5 Å². The zero-order valence-corrected chi connectivity index (χ0v) is 16.5. The summed E-state index contributed by atoms with van der Waals surface area (Å²) in [5.74, 6) is -0.829. The van der Waals surface area contributed by atoms with Gasteiger partial charge in [-0.25, -0.2) is 4.98 Å². The highest BCUT2D eigenvalue weighted by Crippen LogP contribution is 2.30. The van der Waals surface area contributed by atoms with Gasteiger partial charge < -0.3 is 5.32 Å². The Morgan fingerprint density at radius 3 is 2.85 bits per heavy atom. The molecule has 3 rings (SSSR count). The van der Waals surface area contributed by atoms with Crippen LogP contribution in [0.25, 0.3) is 0 Å². The molecule has 0 unspecified atom stereocenters. The van der Waals surface area contributed by atoms with Crippen molar-refractivity contribution in [3.63, 3.8) is 0 Å². The summed E-state index contributed by atoms with van der Waals surface area (Å²) in [6.45, 7) is 3.86. The van der Waals surface area contributed by atoms with E-state index in [2.05, 4.69) is 26.6 Å². The number of nitrogens with one attached hydrogen (secondary N) is 1. The number of para-hydroxylation sites is 1. The Balaban J connectivity index is 1.60. The first-order chi connectivity index (χ1) is 12.6. The van der Waals surface area contributed by atoms with E-state index in [-0.39, 0.29) is 11.5 Å². The predicted molar refractivity (Wildman–Crippen MR) is 105 cm³/mol. The topological polar surface area (TPSA) is 91.6 Å². The maximum Gasteiger partial charge on any atom is 0.210 e. The van der Waals surface area contributed by atoms with Crippen molar-refractivity contribution in [1.29, 1.82) is 5.26 Å². The Bertz CT molecular complexity index is 959. The van der Waals surface area contributed by atoms with Crippen molar-refractivity contribution in [2.45, 2.75) is 24.1 Å². The fourth-order valence-electron chi connectivity index (χ4n) is 2.13. The number of nitriles is 1. The highest BCUT2D eigenvalue weighted by Gasteiger charge is 2.23. The van der Waals surface area contributed by atoms with E-state index in [1.807, 2.05) is 43.5 Å². The lowest BCUT2D eigenvalue weighted by Gasteiger charge is -2.04. The van der Waals surface area contributed by atoms with Gasteiger partial charge in [0.25, 0.3) is 0 Å². The molecule has 3 aromatic rings. The molecule has 1 atom stereocenters. The molecule has 0 saturated heterocycles. The Morgan fingerprint density at radius 2 is 2.15 bits per heavy atom. The molecule has 1 N–H and O–H groups in total. The van der Waals surface area contributed by atoms with Crippen LogP contribution in [0.15, 0.2) is 34.0 Å². The quantitative estimate of drug-likeness (QED) is 0.589. The van der Waals surface area contributed by atoms with E-state index >= 15 is 0 Å². The Morgan fingerprint density at radius 1 is 1.35 bits per heavy atom. The van der Waals surface area contributed by atoms with E-state index in [0.29, 0.717) is 14.5 Å². The summed E-state index contributed by atoms with van der Waals surface area (Å²) in [6.07, 6.45) is 0. The summed E-state index contributed by atoms with van der Waals surface area (Å²) in [5.41, 5.74) is 2.91. The number of hydrogen-bond donors (Lipinski definition) is 1. The van der Waals surface area contributed by atoms with Crippen molar-refractivity contribution in [2.24, 2.45) is 0 Å². The molecule has 0 aliphatic heterocycles. The van der Waals surface area contributed by atoms with E-state index in [4.69, 9.17) is 0 Å². The lowest BCUT2D eigenvalue weighted by molar-refractivity contribution is -0.116. The molecule has 9 heteroatoms. The van der Waals surface area contributed by atoms with Gasteiger partial charge in [0, 0.05) is 16.8 Å². The zero-order valence-electron chi connectivity index (χ0n) is 14.1. The summed E-state index contributed by atoms with van der Waals surface area (Å²) >= 11 is 4.01. The molecule has 2 aromatic heterocycles. The van der Waals surface area contributed by atoms with Gasteiger partial charge in [-0.2, -0.15) is 5.26 Å². The second-order valence-electron chi connectivity index (χ2n) is 5.46. The van der Waals surface area contributed by atoms with Crippen molar-refractivity contribution >= 4 is 51.0 Å². The smallest absolute Gasteiger partial charge is 0.210 e. The number of hydrogen-bond acceptors (Lipinski definition) is 9. The van der Waals surface area contributed by atoms with Crippen molar-refractivity contribution in [3.8, 4) is 6.07 Å². The number of aryl methyl sites for hydroxylation is 2. The minimum Gasteiger partial charge on any atom is -0.330 e. The molecule has 0 bridgehead atoms. The zero-order chi connectivity index (χ0) is 18.5. The van der Waals surface area contributed by atoms with E-state index in [0.717, 1.165) is 16.9 Å². The third kappa shape index (κ3) is 4.46. The average molecular weight is 402 g/mol. The van der Waals surface area contributed by atoms with Crippen molar-refractivity contribution in [2.75, 3.05) is 11.1 Å². The van der Waals surface area contributed by atoms with Gasteiger partial charge in [-0.3, -0.25) is 4.79 Å². The van der Waals surface area contributed by atoms with Gasteiger partial charge in [-0.1, -0.05) is 41.3 Å². The number of thioether (sulfide) groups is 1. The van der Waals surface area contributed by atoms with Crippen LogP contribution in [-0.2, 0) is 4.79 Å². The molecule has 1 aromatic carbocycles. The molecule has 2 heterocycles. The standard InChI is InChI=1S/C17H15N5OS3/c1-10-5-3-4-6-13(10)20-16-21-22-17(26-16)25-9-14(23)12(7-18)15-19-11(2)8-24-15/h3-6,8,12H,9H2,1-2H3,(H,20,21)/t12-/m1/s1. The second-order valence-corrected chi connectivity index (χ2v) is 8.55. The van der Waals surface area contributed by atoms with Crippen molar-refractivity contribution in [3.05, 3.63) is 45.9 Å². The Labute approximate surface area is 163 Å². The van der Waals surface area contributed by atoms with Gasteiger partial charge in [0.05, 0.1) is 11.8 Å².